The van der Waals surface area contributed by atoms with Crippen molar-refractivity contribution in [2.45, 2.75) is 6.92 Å². The van der Waals surface area contributed by atoms with Crippen LogP contribution in [-0.2, 0) is 4.74 Å². The van der Waals surface area contributed by atoms with Crippen LogP contribution in [0.15, 0.2) is 18.2 Å². The van der Waals surface area contributed by atoms with Crippen LogP contribution < -0.4 is 5.32 Å². The van der Waals surface area contributed by atoms with Gasteiger partial charge in [-0.15, -0.1) is 0 Å². The number of hydrogen-bond donors (Lipinski definition) is 1. The minimum atomic E-state index is -0.401. The van der Waals surface area contributed by atoms with E-state index in [-0.39, 0.29) is 5.02 Å². The van der Waals surface area contributed by atoms with Crippen molar-refractivity contribution in [1.82, 2.24) is 0 Å². The van der Waals surface area contributed by atoms with Gasteiger partial charge in [0.05, 0.1) is 11.6 Å². The van der Waals surface area contributed by atoms with Crippen molar-refractivity contribution in [2.75, 3.05) is 25.1 Å². The molecule has 0 saturated heterocycles. The van der Waals surface area contributed by atoms with Gasteiger partial charge in [-0.25, -0.2) is 4.39 Å². The van der Waals surface area contributed by atoms with Crippen molar-refractivity contribution >= 4 is 17.3 Å². The molecule has 0 atom stereocenters. The van der Waals surface area contributed by atoms with Gasteiger partial charge >= 0.3 is 0 Å². The molecule has 2 nitrogen and oxygen atoms in total. The summed E-state index contributed by atoms with van der Waals surface area (Å²) in [5, 5.41) is 3.20. The summed E-state index contributed by atoms with van der Waals surface area (Å²) < 4.78 is 17.9. The molecule has 0 radical (unpaired) electrons. The van der Waals surface area contributed by atoms with Crippen LogP contribution in [-0.4, -0.2) is 19.8 Å². The molecule has 0 heterocycles. The maximum atomic E-state index is 12.8. The summed E-state index contributed by atoms with van der Waals surface area (Å²) in [7, 11) is 0. The van der Waals surface area contributed by atoms with E-state index in [9.17, 15) is 4.39 Å². The van der Waals surface area contributed by atoms with E-state index in [4.69, 9.17) is 16.3 Å². The molecule has 1 N–H and O–H groups in total. The van der Waals surface area contributed by atoms with Gasteiger partial charge in [0.1, 0.15) is 5.82 Å². The molecule has 0 saturated carbocycles. The second-order valence-corrected chi connectivity index (χ2v) is 3.16. The van der Waals surface area contributed by atoms with Crippen LogP contribution in [0.3, 0.4) is 0 Å². The van der Waals surface area contributed by atoms with Gasteiger partial charge in [0, 0.05) is 18.8 Å². The lowest BCUT2D eigenvalue weighted by molar-refractivity contribution is 0.158. The normalized spacial score (nSPS) is 10.2. The van der Waals surface area contributed by atoms with Gasteiger partial charge in [-0.3, -0.25) is 0 Å². The summed E-state index contributed by atoms with van der Waals surface area (Å²) in [5.41, 5.74) is 0.802. The van der Waals surface area contributed by atoms with E-state index in [1.54, 1.807) is 12.1 Å². The maximum absolute atomic E-state index is 12.8. The summed E-state index contributed by atoms with van der Waals surface area (Å²) in [4.78, 5) is 0. The van der Waals surface area contributed by atoms with Crippen LogP contribution in [0.1, 0.15) is 6.92 Å². The second kappa shape index (κ2) is 5.83. The molecule has 14 heavy (non-hydrogen) atoms. The van der Waals surface area contributed by atoms with Crippen LogP contribution in [0.25, 0.3) is 0 Å². The Kier molecular flexibility index (Phi) is 4.70. The van der Waals surface area contributed by atoms with Crippen LogP contribution in [0.2, 0.25) is 5.02 Å². The van der Waals surface area contributed by atoms with Crippen molar-refractivity contribution in [3.8, 4) is 0 Å². The molecule has 1 aromatic carbocycles. The third-order valence-corrected chi connectivity index (χ3v) is 1.99. The molecule has 0 amide bonds. The van der Waals surface area contributed by atoms with Crippen LogP contribution >= 0.6 is 11.6 Å². The number of nitrogens with one attached hydrogen (secondary N) is 1. The molecule has 0 spiro atoms. The summed E-state index contributed by atoms with van der Waals surface area (Å²) in [6.45, 7) is 3.96. The highest BCUT2D eigenvalue weighted by atomic mass is 35.5. The first kappa shape index (κ1) is 11.3. The highest BCUT2D eigenvalue weighted by molar-refractivity contribution is 6.31. The van der Waals surface area contributed by atoms with E-state index >= 15 is 0 Å². The topological polar surface area (TPSA) is 21.3 Å². The van der Waals surface area contributed by atoms with Crippen molar-refractivity contribution in [3.05, 3.63) is 29.0 Å². The van der Waals surface area contributed by atoms with Gasteiger partial charge in [0.15, 0.2) is 0 Å². The number of rotatable bonds is 5. The molecule has 4 heteroatoms. The first-order chi connectivity index (χ1) is 6.74. The first-order valence-corrected chi connectivity index (χ1v) is 4.88. The molecule has 0 unspecified atom stereocenters. The molecule has 0 aliphatic rings. The van der Waals surface area contributed by atoms with Gasteiger partial charge in [0.2, 0.25) is 0 Å². The SMILES string of the molecule is CCOCCNc1ccc(F)c(Cl)c1. The monoisotopic (exact) mass is 217 g/mol. The largest absolute Gasteiger partial charge is 0.383 e. The van der Waals surface area contributed by atoms with Crippen molar-refractivity contribution in [1.29, 1.82) is 0 Å². The Hall–Kier alpha value is -0.800. The van der Waals surface area contributed by atoms with E-state index in [2.05, 4.69) is 5.32 Å². The summed E-state index contributed by atoms with van der Waals surface area (Å²) in [6.07, 6.45) is 0. The fourth-order valence-electron chi connectivity index (χ4n) is 1.02. The first-order valence-electron chi connectivity index (χ1n) is 4.50. The standard InChI is InChI=1S/C10H13ClFNO/c1-2-14-6-5-13-8-3-4-10(12)9(11)7-8/h3-4,7,13H,2,5-6H2,1H3. The minimum absolute atomic E-state index is 0.131. The molecule has 0 bridgehead atoms. The number of anilines is 1. The molecule has 78 valence electrons. The molecule has 0 aromatic heterocycles. The number of halogens is 2. The Morgan fingerprint density at radius 1 is 1.50 bits per heavy atom. The maximum Gasteiger partial charge on any atom is 0.141 e. The predicted octanol–water partition coefficient (Wildman–Crippen LogP) is 2.93. The van der Waals surface area contributed by atoms with E-state index in [0.29, 0.717) is 19.8 Å². The Balaban J connectivity index is 2.39. The highest BCUT2D eigenvalue weighted by Crippen LogP contribution is 2.18. The second-order valence-electron chi connectivity index (χ2n) is 2.75. The average Bonchev–Trinajstić information content (AvgIpc) is 2.18. The summed E-state index contributed by atoms with van der Waals surface area (Å²) >= 11 is 5.61. The highest BCUT2D eigenvalue weighted by Gasteiger charge is 1.99. The van der Waals surface area contributed by atoms with Crippen molar-refractivity contribution in [2.24, 2.45) is 0 Å². The van der Waals surface area contributed by atoms with Gasteiger partial charge in [-0.2, -0.15) is 0 Å². The lowest BCUT2D eigenvalue weighted by Crippen LogP contribution is -2.09. The van der Waals surface area contributed by atoms with Gasteiger partial charge in [0.25, 0.3) is 0 Å². The Labute approximate surface area is 88.0 Å². The summed E-state index contributed by atoms with van der Waals surface area (Å²) in [6, 6.07) is 4.54. The van der Waals surface area contributed by atoms with Gasteiger partial charge in [-0.1, -0.05) is 11.6 Å². The zero-order valence-electron chi connectivity index (χ0n) is 8.02. The third kappa shape index (κ3) is 3.52. The zero-order chi connectivity index (χ0) is 10.4. The molecule has 0 aliphatic carbocycles. The Morgan fingerprint density at radius 2 is 2.29 bits per heavy atom. The third-order valence-electron chi connectivity index (χ3n) is 1.70. The molecular formula is C10H13ClFNO. The molecule has 0 fully saturated rings. The Morgan fingerprint density at radius 3 is 2.93 bits per heavy atom. The molecule has 1 aromatic rings. The molecular weight excluding hydrogens is 205 g/mol. The fourth-order valence-corrected chi connectivity index (χ4v) is 1.20. The lowest BCUT2D eigenvalue weighted by atomic mass is 10.3. The fraction of sp³-hybridized carbons (Fsp3) is 0.400. The van der Waals surface area contributed by atoms with Crippen LogP contribution in [0.4, 0.5) is 10.1 Å². The van der Waals surface area contributed by atoms with E-state index in [1.165, 1.54) is 6.07 Å². The van der Waals surface area contributed by atoms with Crippen molar-refractivity contribution < 1.29 is 9.13 Å². The molecule has 0 aliphatic heterocycles. The van der Waals surface area contributed by atoms with Crippen molar-refractivity contribution in [3.63, 3.8) is 0 Å². The van der Waals surface area contributed by atoms with Crippen LogP contribution in [0.5, 0.6) is 0 Å². The van der Waals surface area contributed by atoms with E-state index < -0.39 is 5.82 Å². The number of hydrogen-bond acceptors (Lipinski definition) is 2. The summed E-state index contributed by atoms with van der Waals surface area (Å²) in [5.74, 6) is -0.401. The van der Waals surface area contributed by atoms with Gasteiger partial charge in [-0.05, 0) is 25.1 Å². The van der Waals surface area contributed by atoms with Crippen LogP contribution in [0, 0.1) is 5.82 Å². The van der Waals surface area contributed by atoms with E-state index in [1.807, 2.05) is 6.92 Å². The Bertz CT molecular complexity index is 293. The number of benzene rings is 1. The van der Waals surface area contributed by atoms with E-state index in [0.717, 1.165) is 5.69 Å². The number of ether oxygens (including phenoxy) is 1. The lowest BCUT2D eigenvalue weighted by Gasteiger charge is -2.06. The molecule has 1 rings (SSSR count). The van der Waals surface area contributed by atoms with Gasteiger partial charge < -0.3 is 10.1 Å². The minimum Gasteiger partial charge on any atom is -0.383 e. The zero-order valence-corrected chi connectivity index (χ0v) is 8.77. The average molecular weight is 218 g/mol. The quantitative estimate of drug-likeness (QED) is 0.766. The predicted molar refractivity (Wildman–Crippen MR) is 56.4 cm³/mol. The smallest absolute Gasteiger partial charge is 0.141 e.